The SMILES string of the molecule is CS(=O)(=O)c1cccc(-c2cc(=O)[nH]c3c2[nH]c2ccc(F)cc23)c1. The summed E-state index contributed by atoms with van der Waals surface area (Å²) in [5, 5.41) is 0.563. The van der Waals surface area contributed by atoms with Crippen molar-refractivity contribution in [3.05, 3.63) is 64.7 Å². The monoisotopic (exact) mass is 356 g/mol. The van der Waals surface area contributed by atoms with Gasteiger partial charge in [-0.2, -0.15) is 0 Å². The molecule has 0 bridgehead atoms. The van der Waals surface area contributed by atoms with Crippen LogP contribution in [0.25, 0.3) is 33.1 Å². The van der Waals surface area contributed by atoms with E-state index < -0.39 is 15.7 Å². The van der Waals surface area contributed by atoms with Crippen LogP contribution in [0, 0.1) is 5.82 Å². The number of aromatic nitrogens is 2. The number of pyridine rings is 1. The molecule has 126 valence electrons. The lowest BCUT2D eigenvalue weighted by Crippen LogP contribution is -2.04. The van der Waals surface area contributed by atoms with Gasteiger partial charge in [-0.25, -0.2) is 12.8 Å². The Labute approximate surface area is 142 Å². The second kappa shape index (κ2) is 5.29. The number of H-pyrrole nitrogens is 2. The van der Waals surface area contributed by atoms with Crippen molar-refractivity contribution in [2.24, 2.45) is 0 Å². The maximum Gasteiger partial charge on any atom is 0.249 e. The van der Waals surface area contributed by atoms with Crippen LogP contribution in [0.15, 0.2) is 58.2 Å². The van der Waals surface area contributed by atoms with Crippen molar-refractivity contribution in [1.82, 2.24) is 9.97 Å². The van der Waals surface area contributed by atoms with Crippen LogP contribution >= 0.6 is 0 Å². The average Bonchev–Trinajstić information content (AvgIpc) is 2.91. The minimum Gasteiger partial charge on any atom is -0.353 e. The molecule has 2 aromatic carbocycles. The maximum atomic E-state index is 13.6. The Morgan fingerprint density at radius 2 is 1.76 bits per heavy atom. The second-order valence-electron chi connectivity index (χ2n) is 5.91. The Morgan fingerprint density at radius 3 is 2.52 bits per heavy atom. The van der Waals surface area contributed by atoms with Crippen molar-refractivity contribution in [2.75, 3.05) is 6.26 Å². The van der Waals surface area contributed by atoms with Gasteiger partial charge in [-0.05, 0) is 35.9 Å². The van der Waals surface area contributed by atoms with Crippen molar-refractivity contribution >= 4 is 31.8 Å². The van der Waals surface area contributed by atoms with Crippen molar-refractivity contribution in [1.29, 1.82) is 0 Å². The molecule has 2 heterocycles. The third-order valence-electron chi connectivity index (χ3n) is 4.13. The van der Waals surface area contributed by atoms with E-state index >= 15 is 0 Å². The number of halogens is 1. The van der Waals surface area contributed by atoms with Crippen LogP contribution in [-0.2, 0) is 9.84 Å². The first-order valence-electron chi connectivity index (χ1n) is 7.48. The molecule has 0 radical (unpaired) electrons. The zero-order valence-electron chi connectivity index (χ0n) is 13.1. The molecule has 25 heavy (non-hydrogen) atoms. The van der Waals surface area contributed by atoms with E-state index in [0.29, 0.717) is 33.1 Å². The van der Waals surface area contributed by atoms with Crippen molar-refractivity contribution in [3.8, 4) is 11.1 Å². The molecule has 0 aliphatic carbocycles. The molecule has 0 spiro atoms. The number of benzene rings is 2. The topological polar surface area (TPSA) is 82.8 Å². The summed E-state index contributed by atoms with van der Waals surface area (Å²) in [6.45, 7) is 0. The molecule has 0 unspecified atom stereocenters. The summed E-state index contributed by atoms with van der Waals surface area (Å²) >= 11 is 0. The van der Waals surface area contributed by atoms with Crippen molar-refractivity contribution in [2.45, 2.75) is 4.90 Å². The van der Waals surface area contributed by atoms with E-state index in [1.165, 1.54) is 30.3 Å². The Kier molecular flexibility index (Phi) is 3.30. The summed E-state index contributed by atoms with van der Waals surface area (Å²) < 4.78 is 37.2. The fourth-order valence-electron chi connectivity index (χ4n) is 2.98. The Balaban J connectivity index is 2.09. The van der Waals surface area contributed by atoms with E-state index in [1.54, 1.807) is 18.2 Å². The van der Waals surface area contributed by atoms with Gasteiger partial charge in [0.2, 0.25) is 5.56 Å². The zero-order valence-corrected chi connectivity index (χ0v) is 13.9. The van der Waals surface area contributed by atoms with Crippen molar-refractivity contribution in [3.63, 3.8) is 0 Å². The Hall–Kier alpha value is -2.93. The summed E-state index contributed by atoms with van der Waals surface area (Å²) in [5.41, 5.74) is 2.58. The number of aromatic amines is 2. The van der Waals surface area contributed by atoms with Crippen LogP contribution in [0.5, 0.6) is 0 Å². The molecule has 4 rings (SSSR count). The molecule has 2 aromatic heterocycles. The number of nitrogens with one attached hydrogen (secondary N) is 2. The minimum absolute atomic E-state index is 0.167. The number of hydrogen-bond acceptors (Lipinski definition) is 3. The first kappa shape index (κ1) is 15.6. The van der Waals surface area contributed by atoms with Crippen LogP contribution in [0.3, 0.4) is 0 Å². The molecular weight excluding hydrogens is 343 g/mol. The summed E-state index contributed by atoms with van der Waals surface area (Å²) in [5.74, 6) is -0.404. The van der Waals surface area contributed by atoms with E-state index in [1.807, 2.05) is 0 Å². The molecule has 2 N–H and O–H groups in total. The molecule has 7 heteroatoms. The predicted octanol–water partition coefficient (Wildman–Crippen LogP) is 3.22. The molecule has 0 aliphatic rings. The number of sulfone groups is 1. The highest BCUT2D eigenvalue weighted by atomic mass is 32.2. The van der Waals surface area contributed by atoms with Gasteiger partial charge in [-0.3, -0.25) is 4.79 Å². The second-order valence-corrected chi connectivity index (χ2v) is 7.93. The summed E-state index contributed by atoms with van der Waals surface area (Å²) in [6.07, 6.45) is 1.13. The molecule has 4 aromatic rings. The van der Waals surface area contributed by atoms with Crippen LogP contribution < -0.4 is 5.56 Å². The van der Waals surface area contributed by atoms with Gasteiger partial charge in [-0.1, -0.05) is 12.1 Å². The van der Waals surface area contributed by atoms with E-state index in [2.05, 4.69) is 9.97 Å². The summed E-state index contributed by atoms with van der Waals surface area (Å²) in [6, 6.07) is 12.1. The smallest absolute Gasteiger partial charge is 0.249 e. The number of fused-ring (bicyclic) bond motifs is 3. The van der Waals surface area contributed by atoms with Gasteiger partial charge in [0.1, 0.15) is 5.82 Å². The van der Waals surface area contributed by atoms with Gasteiger partial charge in [0.15, 0.2) is 9.84 Å². The summed E-state index contributed by atoms with van der Waals surface area (Å²) in [7, 11) is -3.37. The Morgan fingerprint density at radius 1 is 0.960 bits per heavy atom. The van der Waals surface area contributed by atoms with Gasteiger partial charge in [-0.15, -0.1) is 0 Å². The van der Waals surface area contributed by atoms with Gasteiger partial charge in [0.25, 0.3) is 0 Å². The number of hydrogen-bond donors (Lipinski definition) is 2. The quantitative estimate of drug-likeness (QED) is 0.578. The normalized spacial score (nSPS) is 12.1. The zero-order chi connectivity index (χ0) is 17.8. The van der Waals surface area contributed by atoms with E-state index in [0.717, 1.165) is 6.26 Å². The van der Waals surface area contributed by atoms with Gasteiger partial charge in [0.05, 0.1) is 15.9 Å². The Bertz CT molecular complexity index is 1300. The molecule has 0 saturated carbocycles. The van der Waals surface area contributed by atoms with Crippen LogP contribution in [0.1, 0.15) is 0 Å². The lowest BCUT2D eigenvalue weighted by molar-refractivity contribution is 0.602. The average molecular weight is 356 g/mol. The molecule has 0 atom stereocenters. The van der Waals surface area contributed by atoms with E-state index in [-0.39, 0.29) is 10.5 Å². The maximum absolute atomic E-state index is 13.6. The highest BCUT2D eigenvalue weighted by molar-refractivity contribution is 7.90. The largest absolute Gasteiger partial charge is 0.353 e. The van der Waals surface area contributed by atoms with Gasteiger partial charge in [0, 0.05) is 28.8 Å². The van der Waals surface area contributed by atoms with Gasteiger partial charge >= 0.3 is 0 Å². The summed E-state index contributed by atoms with van der Waals surface area (Å²) in [4.78, 5) is 18.2. The fourth-order valence-corrected chi connectivity index (χ4v) is 3.65. The third kappa shape index (κ3) is 2.62. The molecule has 0 saturated heterocycles. The van der Waals surface area contributed by atoms with Gasteiger partial charge < -0.3 is 9.97 Å². The lowest BCUT2D eigenvalue weighted by atomic mass is 10.1. The van der Waals surface area contributed by atoms with E-state index in [4.69, 9.17) is 0 Å². The van der Waals surface area contributed by atoms with Crippen molar-refractivity contribution < 1.29 is 12.8 Å². The molecule has 0 amide bonds. The lowest BCUT2D eigenvalue weighted by Gasteiger charge is -2.06. The first-order valence-corrected chi connectivity index (χ1v) is 9.37. The predicted molar refractivity (Wildman–Crippen MR) is 94.9 cm³/mol. The highest BCUT2D eigenvalue weighted by Crippen LogP contribution is 2.31. The van der Waals surface area contributed by atoms with Crippen LogP contribution in [0.2, 0.25) is 0 Å². The highest BCUT2D eigenvalue weighted by Gasteiger charge is 2.14. The molecule has 0 aliphatic heterocycles. The first-order chi connectivity index (χ1) is 11.8. The molecule has 0 fully saturated rings. The standard InChI is InChI=1S/C18H13FN2O3S/c1-25(23,24)12-4-2-3-10(7-12)13-9-16(22)21-18-14-8-11(19)5-6-15(14)20-17(13)18/h2-9,20H,1H3,(H,21,22). The minimum atomic E-state index is -3.37. The van der Waals surface area contributed by atoms with Crippen LogP contribution in [0.4, 0.5) is 4.39 Å². The molecule has 5 nitrogen and oxygen atoms in total. The third-order valence-corrected chi connectivity index (χ3v) is 5.24. The van der Waals surface area contributed by atoms with Crippen LogP contribution in [-0.4, -0.2) is 24.6 Å². The molecular formula is C18H13FN2O3S. The fraction of sp³-hybridized carbons (Fsp3) is 0.0556. The van der Waals surface area contributed by atoms with E-state index in [9.17, 15) is 17.6 Å². The number of rotatable bonds is 2.